The Morgan fingerprint density at radius 3 is 2.69 bits per heavy atom. The van der Waals surface area contributed by atoms with Crippen LogP contribution in [0.1, 0.15) is 53.9 Å². The molecule has 3 unspecified atom stereocenters. The van der Waals surface area contributed by atoms with Crippen molar-refractivity contribution in [3.05, 3.63) is 52.5 Å². The SMILES string of the molecule is NCCCCC(NC(=O)C1CCC2CN(C(=O)CCc3ccccc3)CC(=O)N21)C(=O)c1nccs1. The van der Waals surface area contributed by atoms with Gasteiger partial charge in [0.2, 0.25) is 23.5 Å². The summed E-state index contributed by atoms with van der Waals surface area (Å²) in [4.78, 5) is 59.4. The van der Waals surface area contributed by atoms with E-state index in [1.165, 1.54) is 11.3 Å². The lowest BCUT2D eigenvalue weighted by atomic mass is 10.0. The summed E-state index contributed by atoms with van der Waals surface area (Å²) in [5.74, 6) is -0.806. The van der Waals surface area contributed by atoms with E-state index in [-0.39, 0.29) is 36.1 Å². The number of thiazole rings is 1. The highest BCUT2D eigenvalue weighted by Gasteiger charge is 2.46. The highest BCUT2D eigenvalue weighted by Crippen LogP contribution is 2.29. The quantitative estimate of drug-likeness (QED) is 0.350. The number of carbonyl (C=O) groups is 4. The van der Waals surface area contributed by atoms with Gasteiger partial charge in [-0.05, 0) is 50.6 Å². The van der Waals surface area contributed by atoms with Crippen molar-refractivity contribution in [2.24, 2.45) is 5.73 Å². The Hall–Kier alpha value is -3.11. The molecular weight excluding hydrogens is 478 g/mol. The van der Waals surface area contributed by atoms with Crippen LogP contribution in [0.3, 0.4) is 0 Å². The summed E-state index contributed by atoms with van der Waals surface area (Å²) in [5.41, 5.74) is 6.69. The second-order valence-corrected chi connectivity index (χ2v) is 10.2. The second-order valence-electron chi connectivity index (χ2n) is 9.35. The monoisotopic (exact) mass is 511 g/mol. The highest BCUT2D eigenvalue weighted by atomic mass is 32.1. The fourth-order valence-corrected chi connectivity index (χ4v) is 5.66. The molecule has 3 N–H and O–H groups in total. The minimum atomic E-state index is -0.704. The fourth-order valence-electron chi connectivity index (χ4n) is 5.03. The molecule has 10 heteroatoms. The number of piperazine rings is 1. The Morgan fingerprint density at radius 1 is 1.17 bits per heavy atom. The maximum atomic E-state index is 13.3. The number of nitrogens with zero attached hydrogens (tertiary/aromatic N) is 3. The van der Waals surface area contributed by atoms with E-state index in [2.05, 4.69) is 10.3 Å². The number of nitrogens with two attached hydrogens (primary N) is 1. The van der Waals surface area contributed by atoms with Crippen LogP contribution in [0.25, 0.3) is 0 Å². The van der Waals surface area contributed by atoms with Gasteiger partial charge in [0.05, 0.1) is 18.6 Å². The van der Waals surface area contributed by atoms with Gasteiger partial charge in [0.25, 0.3) is 0 Å². The molecule has 2 saturated heterocycles. The van der Waals surface area contributed by atoms with Crippen molar-refractivity contribution >= 4 is 34.8 Å². The van der Waals surface area contributed by atoms with Gasteiger partial charge < -0.3 is 20.9 Å². The van der Waals surface area contributed by atoms with E-state index in [4.69, 9.17) is 5.73 Å². The van der Waals surface area contributed by atoms with E-state index in [9.17, 15) is 19.2 Å². The molecule has 3 amide bonds. The van der Waals surface area contributed by atoms with Crippen LogP contribution in [0.5, 0.6) is 0 Å². The lowest BCUT2D eigenvalue weighted by Gasteiger charge is -2.39. The topological polar surface area (TPSA) is 126 Å². The fraction of sp³-hybridized carbons (Fsp3) is 0.500. The van der Waals surface area contributed by atoms with Crippen molar-refractivity contribution in [2.45, 2.75) is 63.1 Å². The number of hydrogen-bond donors (Lipinski definition) is 2. The van der Waals surface area contributed by atoms with Gasteiger partial charge in [-0.3, -0.25) is 19.2 Å². The van der Waals surface area contributed by atoms with E-state index >= 15 is 0 Å². The first-order chi connectivity index (χ1) is 17.5. The number of fused-ring (bicyclic) bond motifs is 1. The lowest BCUT2D eigenvalue weighted by molar-refractivity contribution is -0.151. The molecular formula is C26H33N5O4S. The summed E-state index contributed by atoms with van der Waals surface area (Å²) in [7, 11) is 0. The Balaban J connectivity index is 1.35. The number of rotatable bonds is 11. The highest BCUT2D eigenvalue weighted by molar-refractivity contribution is 7.11. The number of unbranched alkanes of at least 4 members (excludes halogenated alkanes) is 1. The van der Waals surface area contributed by atoms with Crippen molar-refractivity contribution in [1.29, 1.82) is 0 Å². The molecule has 4 rings (SSSR count). The molecule has 192 valence electrons. The molecule has 1 aromatic heterocycles. The van der Waals surface area contributed by atoms with E-state index < -0.39 is 12.1 Å². The van der Waals surface area contributed by atoms with Crippen LogP contribution < -0.4 is 11.1 Å². The molecule has 2 aromatic rings. The molecule has 2 aliphatic rings. The molecule has 0 bridgehead atoms. The molecule has 2 aliphatic heterocycles. The summed E-state index contributed by atoms with van der Waals surface area (Å²) in [6, 6.07) is 8.27. The van der Waals surface area contributed by atoms with Crippen LogP contribution in [0.15, 0.2) is 41.9 Å². The van der Waals surface area contributed by atoms with Gasteiger partial charge >= 0.3 is 0 Å². The zero-order valence-electron chi connectivity index (χ0n) is 20.3. The summed E-state index contributed by atoms with van der Waals surface area (Å²) in [5, 5.41) is 4.98. The van der Waals surface area contributed by atoms with Crippen LogP contribution in [-0.4, -0.2) is 76.0 Å². The summed E-state index contributed by atoms with van der Waals surface area (Å²) >= 11 is 1.24. The molecule has 0 spiro atoms. The smallest absolute Gasteiger partial charge is 0.243 e. The van der Waals surface area contributed by atoms with Gasteiger partial charge in [-0.1, -0.05) is 30.3 Å². The predicted octanol–water partition coefficient (Wildman–Crippen LogP) is 1.77. The summed E-state index contributed by atoms with van der Waals surface area (Å²) in [6.45, 7) is 0.923. The van der Waals surface area contributed by atoms with E-state index in [1.807, 2.05) is 30.3 Å². The standard InChI is InChI=1S/C26H33N5O4S/c27-13-5-4-8-20(24(34)26-28-14-15-36-26)29-25(35)21-11-10-19-16-30(17-23(33)31(19)21)22(32)12-9-18-6-2-1-3-7-18/h1-3,6-7,14-15,19-21H,4-5,8-13,16-17,27H2,(H,29,35). The number of aromatic nitrogens is 1. The number of hydrogen-bond acceptors (Lipinski definition) is 7. The molecule has 36 heavy (non-hydrogen) atoms. The van der Waals surface area contributed by atoms with Gasteiger partial charge in [-0.25, -0.2) is 4.98 Å². The van der Waals surface area contributed by atoms with Crippen LogP contribution in [0.2, 0.25) is 0 Å². The number of ketones is 1. The molecule has 0 saturated carbocycles. The first-order valence-corrected chi connectivity index (χ1v) is 13.4. The van der Waals surface area contributed by atoms with Gasteiger partial charge in [0, 0.05) is 24.5 Å². The van der Waals surface area contributed by atoms with Crippen molar-refractivity contribution < 1.29 is 19.2 Å². The number of aryl methyl sites for hydroxylation is 1. The minimum Gasteiger partial charge on any atom is -0.344 e. The van der Waals surface area contributed by atoms with Crippen molar-refractivity contribution in [3.63, 3.8) is 0 Å². The van der Waals surface area contributed by atoms with Gasteiger partial charge in [-0.2, -0.15) is 0 Å². The van der Waals surface area contributed by atoms with E-state index in [0.717, 1.165) is 12.0 Å². The van der Waals surface area contributed by atoms with Crippen molar-refractivity contribution in [2.75, 3.05) is 19.6 Å². The van der Waals surface area contributed by atoms with Gasteiger partial charge in [0.15, 0.2) is 5.01 Å². The van der Waals surface area contributed by atoms with Crippen molar-refractivity contribution in [1.82, 2.24) is 20.1 Å². The third-order valence-electron chi connectivity index (χ3n) is 6.90. The molecule has 0 radical (unpaired) electrons. The Labute approximate surface area is 215 Å². The van der Waals surface area contributed by atoms with Crippen LogP contribution in [0, 0.1) is 0 Å². The van der Waals surface area contributed by atoms with Crippen molar-refractivity contribution in [3.8, 4) is 0 Å². The average Bonchev–Trinajstić information content (AvgIpc) is 3.58. The molecule has 3 heterocycles. The lowest BCUT2D eigenvalue weighted by Crippen LogP contribution is -2.60. The zero-order chi connectivity index (χ0) is 25.5. The summed E-state index contributed by atoms with van der Waals surface area (Å²) < 4.78 is 0. The normalized spacial score (nSPS) is 20.2. The van der Waals surface area contributed by atoms with E-state index in [1.54, 1.807) is 21.4 Å². The number of nitrogens with one attached hydrogen (secondary N) is 1. The van der Waals surface area contributed by atoms with Crippen LogP contribution in [-0.2, 0) is 20.8 Å². The number of amides is 3. The largest absolute Gasteiger partial charge is 0.344 e. The van der Waals surface area contributed by atoms with Gasteiger partial charge in [-0.15, -0.1) is 11.3 Å². The first-order valence-electron chi connectivity index (χ1n) is 12.5. The minimum absolute atomic E-state index is 0.0219. The molecule has 1 aromatic carbocycles. The summed E-state index contributed by atoms with van der Waals surface area (Å²) in [6.07, 6.45) is 5.61. The molecule has 9 nitrogen and oxygen atoms in total. The third-order valence-corrected chi connectivity index (χ3v) is 7.68. The maximum Gasteiger partial charge on any atom is 0.243 e. The van der Waals surface area contributed by atoms with Gasteiger partial charge in [0.1, 0.15) is 6.04 Å². The molecule has 2 fully saturated rings. The molecule has 3 atom stereocenters. The zero-order valence-corrected chi connectivity index (χ0v) is 21.1. The maximum absolute atomic E-state index is 13.3. The number of Topliss-reactive ketones (excluding diaryl/α,β-unsaturated/α-hetero) is 1. The van der Waals surface area contributed by atoms with E-state index in [0.29, 0.717) is 56.6 Å². The number of benzene rings is 1. The predicted molar refractivity (Wildman–Crippen MR) is 136 cm³/mol. The van der Waals surface area contributed by atoms with Crippen LogP contribution in [0.4, 0.5) is 0 Å². The first kappa shape index (κ1) is 26.0. The Kier molecular flexibility index (Phi) is 8.82. The molecule has 0 aliphatic carbocycles. The number of carbonyl (C=O) groups excluding carboxylic acids is 4. The second kappa shape index (κ2) is 12.2. The average molecular weight is 512 g/mol. The van der Waals surface area contributed by atoms with Crippen LogP contribution >= 0.6 is 11.3 Å². The third kappa shape index (κ3) is 6.17. The Bertz CT molecular complexity index is 1060. The Morgan fingerprint density at radius 2 is 1.97 bits per heavy atom.